The fourth-order valence-electron chi connectivity index (χ4n) is 4.57. The molecule has 1 atom stereocenters. The van der Waals surface area contributed by atoms with E-state index in [4.69, 9.17) is 25.8 Å². The number of nitrogens with one attached hydrogen (secondary N) is 1. The van der Waals surface area contributed by atoms with Crippen LogP contribution in [-0.2, 0) is 16.0 Å². The quantitative estimate of drug-likeness (QED) is 0.457. The second-order valence-corrected chi connectivity index (χ2v) is 8.95. The van der Waals surface area contributed by atoms with Crippen molar-refractivity contribution in [3.05, 3.63) is 53.6 Å². The van der Waals surface area contributed by atoms with Gasteiger partial charge in [0.2, 0.25) is 11.8 Å². The van der Waals surface area contributed by atoms with Crippen LogP contribution in [0.25, 0.3) is 0 Å². The summed E-state index contributed by atoms with van der Waals surface area (Å²) < 4.78 is 16.1. The van der Waals surface area contributed by atoms with E-state index < -0.39 is 6.04 Å². The molecule has 0 bridgehead atoms. The molecule has 2 aromatic carbocycles. The summed E-state index contributed by atoms with van der Waals surface area (Å²) in [5.74, 6) is 1.14. The van der Waals surface area contributed by atoms with Gasteiger partial charge in [-0.25, -0.2) is 0 Å². The zero-order chi connectivity index (χ0) is 25.2. The topological polar surface area (TPSA) is 77.1 Å². The number of alkyl halides is 1. The molecule has 0 aliphatic heterocycles. The van der Waals surface area contributed by atoms with Crippen LogP contribution in [0.2, 0.25) is 0 Å². The molecule has 7 nitrogen and oxygen atoms in total. The van der Waals surface area contributed by atoms with E-state index in [0.29, 0.717) is 35.8 Å². The third-order valence-electron chi connectivity index (χ3n) is 6.45. The Labute approximate surface area is 212 Å². The molecule has 0 heterocycles. The zero-order valence-corrected chi connectivity index (χ0v) is 21.5. The minimum atomic E-state index is -0.821. The van der Waals surface area contributed by atoms with Gasteiger partial charge in [0.1, 0.15) is 17.7 Å². The van der Waals surface area contributed by atoms with Gasteiger partial charge in [0.05, 0.1) is 21.3 Å². The van der Waals surface area contributed by atoms with Crippen LogP contribution in [-0.4, -0.2) is 56.5 Å². The number of hydrogen-bond acceptors (Lipinski definition) is 5. The standard InChI is InChI=1S/C27H35ClN2O5/c1-33-22-11-7-8-20(17-22)26(27(32)29-21-9-5-4-6-10-21)30(25(31)18-28)15-14-19-12-13-23(34-2)24(16-19)35-3/h7-8,11-13,16-17,21,26H,4-6,9-10,14-15,18H2,1-3H3,(H,29,32)/t26-/m1/s1. The maximum absolute atomic E-state index is 13.6. The Morgan fingerprint density at radius 3 is 2.40 bits per heavy atom. The Morgan fingerprint density at radius 1 is 1.00 bits per heavy atom. The van der Waals surface area contributed by atoms with Crippen molar-refractivity contribution in [3.8, 4) is 17.2 Å². The molecule has 0 spiro atoms. The summed E-state index contributed by atoms with van der Waals surface area (Å²) in [6.07, 6.45) is 5.79. The van der Waals surface area contributed by atoms with Gasteiger partial charge in [-0.15, -0.1) is 11.6 Å². The van der Waals surface area contributed by atoms with Gasteiger partial charge in [-0.2, -0.15) is 0 Å². The number of hydrogen-bond donors (Lipinski definition) is 1. The molecule has 3 rings (SSSR count). The predicted octanol–water partition coefficient (Wildman–Crippen LogP) is 4.51. The van der Waals surface area contributed by atoms with Crippen molar-refractivity contribution in [2.45, 2.75) is 50.6 Å². The SMILES string of the molecule is COc1cccc([C@H](C(=O)NC2CCCCC2)N(CCc2ccc(OC)c(OC)c2)C(=O)CCl)c1. The summed E-state index contributed by atoms with van der Waals surface area (Å²) in [5.41, 5.74) is 1.63. The van der Waals surface area contributed by atoms with Crippen LogP contribution < -0.4 is 19.5 Å². The van der Waals surface area contributed by atoms with Crippen molar-refractivity contribution in [1.82, 2.24) is 10.2 Å². The minimum Gasteiger partial charge on any atom is -0.497 e. The Kier molecular flexibility index (Phi) is 10.1. The lowest BCUT2D eigenvalue weighted by molar-refractivity contribution is -0.139. The van der Waals surface area contributed by atoms with Crippen LogP contribution in [0.1, 0.15) is 49.3 Å². The van der Waals surface area contributed by atoms with E-state index >= 15 is 0 Å². The molecule has 190 valence electrons. The van der Waals surface area contributed by atoms with Gasteiger partial charge >= 0.3 is 0 Å². The number of benzene rings is 2. The number of carbonyl (C=O) groups excluding carboxylic acids is 2. The average Bonchev–Trinajstić information content (AvgIpc) is 2.90. The molecule has 1 saturated carbocycles. The Hall–Kier alpha value is -2.93. The lowest BCUT2D eigenvalue weighted by Gasteiger charge is -2.33. The van der Waals surface area contributed by atoms with Crippen LogP contribution >= 0.6 is 11.6 Å². The lowest BCUT2D eigenvalue weighted by atomic mass is 9.94. The molecule has 0 saturated heterocycles. The third kappa shape index (κ3) is 7.04. The number of ether oxygens (including phenoxy) is 3. The van der Waals surface area contributed by atoms with Crippen molar-refractivity contribution in [2.24, 2.45) is 0 Å². The first-order chi connectivity index (χ1) is 17.0. The molecular formula is C27H35ClN2O5. The molecule has 1 aliphatic carbocycles. The highest BCUT2D eigenvalue weighted by atomic mass is 35.5. The molecule has 0 radical (unpaired) electrons. The molecule has 0 unspecified atom stereocenters. The maximum Gasteiger partial charge on any atom is 0.247 e. The van der Waals surface area contributed by atoms with Gasteiger partial charge < -0.3 is 24.4 Å². The average molecular weight is 503 g/mol. The van der Waals surface area contributed by atoms with Crippen molar-refractivity contribution >= 4 is 23.4 Å². The first-order valence-corrected chi connectivity index (χ1v) is 12.5. The molecule has 1 aliphatic rings. The van der Waals surface area contributed by atoms with E-state index in [-0.39, 0.29) is 23.7 Å². The van der Waals surface area contributed by atoms with E-state index in [0.717, 1.165) is 31.2 Å². The van der Waals surface area contributed by atoms with Crippen LogP contribution in [0.5, 0.6) is 17.2 Å². The zero-order valence-electron chi connectivity index (χ0n) is 20.7. The highest BCUT2D eigenvalue weighted by Gasteiger charge is 2.32. The smallest absolute Gasteiger partial charge is 0.247 e. The van der Waals surface area contributed by atoms with Crippen molar-refractivity contribution in [3.63, 3.8) is 0 Å². The summed E-state index contributed by atoms with van der Waals surface area (Å²) in [6, 6.07) is 12.2. The number of amides is 2. The fraction of sp³-hybridized carbons (Fsp3) is 0.481. The maximum atomic E-state index is 13.6. The molecule has 2 aromatic rings. The van der Waals surface area contributed by atoms with Gasteiger partial charge in [-0.1, -0.05) is 37.5 Å². The number of carbonyl (C=O) groups is 2. The van der Waals surface area contributed by atoms with Crippen molar-refractivity contribution < 1.29 is 23.8 Å². The number of methoxy groups -OCH3 is 3. The first kappa shape index (κ1) is 26.7. The van der Waals surface area contributed by atoms with Crippen molar-refractivity contribution in [1.29, 1.82) is 0 Å². The number of rotatable bonds is 11. The second kappa shape index (κ2) is 13.2. The Balaban J connectivity index is 1.90. The summed E-state index contributed by atoms with van der Waals surface area (Å²) in [6.45, 7) is 0.307. The van der Waals surface area contributed by atoms with Gasteiger partial charge in [-0.05, 0) is 54.7 Å². The summed E-state index contributed by atoms with van der Waals surface area (Å²) in [5, 5.41) is 3.19. The second-order valence-electron chi connectivity index (χ2n) is 8.68. The molecule has 8 heteroatoms. The molecule has 1 N–H and O–H groups in total. The molecule has 2 amide bonds. The van der Waals surface area contributed by atoms with E-state index in [1.807, 2.05) is 36.4 Å². The predicted molar refractivity (Wildman–Crippen MR) is 136 cm³/mol. The summed E-state index contributed by atoms with van der Waals surface area (Å²) in [4.78, 5) is 28.3. The van der Waals surface area contributed by atoms with Gasteiger partial charge in [-0.3, -0.25) is 9.59 Å². The molecule has 0 aromatic heterocycles. The molecule has 35 heavy (non-hydrogen) atoms. The van der Waals surface area contributed by atoms with Crippen LogP contribution in [0.4, 0.5) is 0 Å². The van der Waals surface area contributed by atoms with Gasteiger partial charge in [0.25, 0.3) is 0 Å². The van der Waals surface area contributed by atoms with Crippen LogP contribution in [0.3, 0.4) is 0 Å². The Bertz CT molecular complexity index is 993. The van der Waals surface area contributed by atoms with E-state index in [1.165, 1.54) is 6.42 Å². The first-order valence-electron chi connectivity index (χ1n) is 12.0. The normalized spacial score (nSPS) is 14.6. The summed E-state index contributed by atoms with van der Waals surface area (Å²) in [7, 11) is 4.75. The third-order valence-corrected chi connectivity index (χ3v) is 6.67. The summed E-state index contributed by atoms with van der Waals surface area (Å²) >= 11 is 6.02. The van der Waals surface area contributed by atoms with Gasteiger partial charge in [0.15, 0.2) is 11.5 Å². The van der Waals surface area contributed by atoms with E-state index in [2.05, 4.69) is 5.32 Å². The fourth-order valence-corrected chi connectivity index (χ4v) is 4.73. The molecular weight excluding hydrogens is 468 g/mol. The number of halogens is 1. The van der Waals surface area contributed by atoms with E-state index in [9.17, 15) is 9.59 Å². The highest BCUT2D eigenvalue weighted by molar-refractivity contribution is 6.27. The van der Waals surface area contributed by atoms with Crippen LogP contribution in [0, 0.1) is 0 Å². The van der Waals surface area contributed by atoms with E-state index in [1.54, 1.807) is 32.3 Å². The van der Waals surface area contributed by atoms with Gasteiger partial charge in [0, 0.05) is 12.6 Å². The minimum absolute atomic E-state index is 0.114. The number of nitrogens with zero attached hydrogens (tertiary/aromatic N) is 1. The Morgan fingerprint density at radius 2 is 1.74 bits per heavy atom. The molecule has 1 fully saturated rings. The lowest BCUT2D eigenvalue weighted by Crippen LogP contribution is -2.48. The largest absolute Gasteiger partial charge is 0.497 e. The highest BCUT2D eigenvalue weighted by Crippen LogP contribution is 2.30. The monoisotopic (exact) mass is 502 g/mol. The van der Waals surface area contributed by atoms with Crippen molar-refractivity contribution in [2.75, 3.05) is 33.8 Å². The van der Waals surface area contributed by atoms with Crippen LogP contribution in [0.15, 0.2) is 42.5 Å².